The van der Waals surface area contributed by atoms with Crippen molar-refractivity contribution in [2.24, 2.45) is 47.3 Å². The molecule has 21 aliphatic rings. The first-order chi connectivity index (χ1) is 64.9. The Morgan fingerprint density at radius 3 is 1.05 bits per heavy atom. The smallest absolute Gasteiger partial charge is 0.224 e. The zero-order valence-electron chi connectivity index (χ0n) is 79.4. The summed E-state index contributed by atoms with van der Waals surface area (Å²) in [5.41, 5.74) is 22.6. The molecule has 18 heteroatoms. The maximum Gasteiger partial charge on any atom is 0.224 e. The van der Waals surface area contributed by atoms with Crippen LogP contribution in [0.4, 0.5) is 45.5 Å². The Balaban J connectivity index is 0.0000000874. The summed E-state index contributed by atoms with van der Waals surface area (Å²) < 4.78 is 11.5. The second-order valence-corrected chi connectivity index (χ2v) is 44.5. The summed E-state index contributed by atoms with van der Waals surface area (Å²) in [6.07, 6.45) is 19.0. The predicted molar refractivity (Wildman–Crippen MR) is 537 cm³/mol. The molecule has 4 N–H and O–H groups in total. The average molecular weight is 1780 g/mol. The van der Waals surface area contributed by atoms with Crippen molar-refractivity contribution < 1.29 is 14.3 Å². The largest absolute Gasteiger partial charge is 0.490 e. The molecule has 19 fully saturated rings. The van der Waals surface area contributed by atoms with E-state index < -0.39 is 0 Å². The van der Waals surface area contributed by atoms with Crippen molar-refractivity contribution >= 4 is 51.4 Å². The van der Waals surface area contributed by atoms with Gasteiger partial charge in [-0.2, -0.15) is 0 Å². The molecule has 696 valence electrons. The van der Waals surface area contributed by atoms with Gasteiger partial charge in [-0.3, -0.25) is 14.6 Å². The van der Waals surface area contributed by atoms with Gasteiger partial charge in [-0.25, -0.2) is 0 Å². The van der Waals surface area contributed by atoms with Crippen molar-refractivity contribution in [3.63, 3.8) is 0 Å². The lowest BCUT2D eigenvalue weighted by Crippen LogP contribution is -2.50. The molecule has 1 amide bonds. The Morgan fingerprint density at radius 2 is 0.682 bits per heavy atom. The number of nitrogens with one attached hydrogen (secondary N) is 4. The third-order valence-electron chi connectivity index (χ3n) is 37.5. The third kappa shape index (κ3) is 16.3. The normalized spacial score (nSPS) is 34.0. The Labute approximate surface area is 787 Å². The standard InChI is InChI=1S/C21H24N2O.C20H29N3.C19H20N2O.C18H25N3O.C18H25N3.C18H24N2/c1-2-22-14-17-13-21(17,15-22)16-7-9-18(10-8-16)23-11-12-24-20-6-4-3-5-19(20)23;1-2-21-13-17-12-20(17,15-21)16-5-7-18(8-6-16)23-11-10-22-9-3-4-19(22)14-23;1-2-4-18-17(3-1)21(9-10-22-18)16-7-5-14(6-8-16)19-11-15(19)12-20-13-19;1-2-20-9-10-21(8-7-17(20)22)16-5-3-14(4-6-16)18-11-15(18)12-19-13-18;1-2-17-12-21(9-8-20(17)7-1)16-5-3-14(4-6-16)18-10-15(18)11-19-13-18;1-2-14-7-13(1)10-20(11-14)17-5-3-15(4-6-17)18-8-16(18)9-19-12-18/h3-10,17H,2,11-15H2,1H3;5-8,17,19H,2-4,9-15H2,1H3;1-8,15,20H,9-13H2;3-6,15,19H,2,7-13H2,1H3;3-6,15,17,19H,1-2,7-13H2;3-6,13-14,16,19H,1-2,7-12H2. The molecule has 18 nitrogen and oxygen atoms in total. The first-order valence-electron chi connectivity index (χ1n) is 52.5. The van der Waals surface area contributed by atoms with E-state index in [4.69, 9.17) is 9.47 Å². The number of piperazine rings is 2. The number of hydrogen-bond donors (Lipinski definition) is 4. The Kier molecular flexibility index (Phi) is 23.1. The Bertz CT molecular complexity index is 5380. The van der Waals surface area contributed by atoms with Crippen LogP contribution in [0.15, 0.2) is 194 Å². The van der Waals surface area contributed by atoms with Gasteiger partial charge in [0.05, 0.1) is 24.5 Å². The van der Waals surface area contributed by atoms with Gasteiger partial charge in [0.25, 0.3) is 0 Å². The number of carbonyl (C=O) groups excluding carboxylic acids is 1. The maximum atomic E-state index is 12.0. The fourth-order valence-electron chi connectivity index (χ4n) is 28.9. The van der Waals surface area contributed by atoms with E-state index in [1.165, 1.54) is 290 Å². The molecular formula is C114H147N15O3. The number of anilines is 8. The number of hydrogen-bond acceptors (Lipinski definition) is 17. The van der Waals surface area contributed by atoms with Crippen LogP contribution >= 0.6 is 0 Å². The lowest BCUT2D eigenvalue weighted by molar-refractivity contribution is -0.130. The Morgan fingerprint density at radius 1 is 0.326 bits per heavy atom. The second-order valence-electron chi connectivity index (χ2n) is 44.5. The molecule has 0 radical (unpaired) electrons. The number of fused-ring (bicyclic) bond motifs is 12. The summed E-state index contributed by atoms with van der Waals surface area (Å²) in [6, 6.07) is 74.8. The number of piperidine rings is 7. The van der Waals surface area contributed by atoms with Gasteiger partial charge in [0.1, 0.15) is 24.7 Å². The quantitative estimate of drug-likeness (QED) is 0.0779. The first kappa shape index (κ1) is 86.2. The number of carbonyl (C=O) groups is 1. The number of likely N-dealkylation sites (N-methyl/N-ethyl adjacent to an activating group) is 3. The van der Waals surface area contributed by atoms with Crippen LogP contribution in [-0.2, 0) is 37.3 Å². The van der Waals surface area contributed by atoms with Crippen LogP contribution in [-0.4, -0.2) is 252 Å². The highest BCUT2D eigenvalue weighted by molar-refractivity contribution is 5.78. The fraction of sp³-hybridized carbons (Fsp3) is 0.570. The van der Waals surface area contributed by atoms with Gasteiger partial charge in [0, 0.05) is 216 Å². The van der Waals surface area contributed by atoms with Crippen molar-refractivity contribution in [1.82, 2.24) is 45.8 Å². The topological polar surface area (TPSA) is 119 Å². The van der Waals surface area contributed by atoms with Gasteiger partial charge < -0.3 is 74.8 Å². The number of likely N-dealkylation sites (tertiary alicyclic amines) is 2. The van der Waals surface area contributed by atoms with Gasteiger partial charge in [-0.05, 0) is 321 Å². The predicted octanol–water partition coefficient (Wildman–Crippen LogP) is 15.7. The Hall–Kier alpha value is -8.69. The third-order valence-corrected chi connectivity index (χ3v) is 37.5. The minimum atomic E-state index is 0.290. The number of benzene rings is 8. The molecule has 12 saturated heterocycles. The lowest BCUT2D eigenvalue weighted by Gasteiger charge is -2.39. The molecule has 132 heavy (non-hydrogen) atoms. The molecule has 16 unspecified atom stereocenters. The number of nitrogens with zero attached hydrogens (tertiary/aromatic N) is 11. The minimum Gasteiger partial charge on any atom is -0.490 e. The zero-order valence-corrected chi connectivity index (χ0v) is 79.4. The van der Waals surface area contributed by atoms with E-state index >= 15 is 0 Å². The van der Waals surface area contributed by atoms with Crippen LogP contribution in [0.2, 0.25) is 0 Å². The highest BCUT2D eigenvalue weighted by atomic mass is 16.5. The monoisotopic (exact) mass is 1770 g/mol. The average Bonchev–Trinajstić information content (AvgIpc) is 1.52. The SMILES string of the molecule is CCN1CC2CC2(c2ccc(N3CCN4CCCC4C3)cc2)C1.CCN1CC2CC2(c2ccc(N3CCOc4ccccc43)cc2)C1.CCN1CCN(c2ccc(C34CNCC3C4)cc2)CCC1=O.c1cc(C23CNCC2C3)ccc1N1CC2CCC(C2)C1.c1cc(C23CNCC2C3)ccc1N1CCN2CCCC2C1.c1ccc2c(c1)OCCN2c1ccc(C23CNCC2C3)cc1. The van der Waals surface area contributed by atoms with E-state index in [0.717, 1.165) is 136 Å². The second kappa shape index (κ2) is 35.5. The number of amides is 1. The van der Waals surface area contributed by atoms with Crippen molar-refractivity contribution in [3.05, 3.63) is 228 Å². The van der Waals surface area contributed by atoms with E-state index in [9.17, 15) is 4.79 Å². The van der Waals surface area contributed by atoms with Crippen LogP contribution in [0.5, 0.6) is 11.5 Å². The van der Waals surface area contributed by atoms with E-state index in [1.807, 2.05) is 23.1 Å². The van der Waals surface area contributed by atoms with Crippen molar-refractivity contribution in [3.8, 4) is 11.5 Å². The van der Waals surface area contributed by atoms with E-state index in [2.05, 4.69) is 267 Å². The molecule has 8 aromatic rings. The molecular weight excluding hydrogens is 1630 g/mol. The summed E-state index contributed by atoms with van der Waals surface area (Å²) in [6.45, 7) is 43.0. The number of rotatable bonds is 15. The van der Waals surface area contributed by atoms with Crippen molar-refractivity contribution in [2.45, 2.75) is 155 Å². The summed E-state index contributed by atoms with van der Waals surface area (Å²) in [5, 5.41) is 14.1. The summed E-state index contributed by atoms with van der Waals surface area (Å²) in [7, 11) is 0. The van der Waals surface area contributed by atoms with Gasteiger partial charge in [-0.1, -0.05) is 111 Å². The lowest BCUT2D eigenvalue weighted by atomic mass is 9.94. The highest BCUT2D eigenvalue weighted by Crippen LogP contribution is 2.63. The number of ether oxygens (including phenoxy) is 2. The van der Waals surface area contributed by atoms with E-state index in [0.29, 0.717) is 44.8 Å². The fourth-order valence-corrected chi connectivity index (χ4v) is 28.9. The van der Waals surface area contributed by atoms with Crippen LogP contribution in [0.1, 0.15) is 144 Å². The van der Waals surface area contributed by atoms with E-state index in [-0.39, 0.29) is 0 Å². The molecule has 29 rings (SSSR count). The summed E-state index contributed by atoms with van der Waals surface area (Å²) >= 11 is 0. The molecule has 7 saturated carbocycles. The van der Waals surface area contributed by atoms with Gasteiger partial charge in [0.2, 0.25) is 5.91 Å². The van der Waals surface area contributed by atoms with Crippen LogP contribution in [0.25, 0.3) is 0 Å². The molecule has 7 aliphatic carbocycles. The minimum absolute atomic E-state index is 0.290. The molecule has 2 bridgehead atoms. The van der Waals surface area contributed by atoms with Gasteiger partial charge >= 0.3 is 0 Å². The summed E-state index contributed by atoms with van der Waals surface area (Å²) in [4.78, 5) is 39.5. The van der Waals surface area contributed by atoms with Crippen LogP contribution in [0.3, 0.4) is 0 Å². The van der Waals surface area contributed by atoms with Crippen LogP contribution in [0, 0.1) is 47.3 Å². The highest BCUT2D eigenvalue weighted by Gasteiger charge is 2.64. The van der Waals surface area contributed by atoms with Crippen LogP contribution < -0.4 is 60.1 Å². The molecule has 8 aromatic carbocycles. The number of para-hydroxylation sites is 4. The van der Waals surface area contributed by atoms with E-state index in [1.54, 1.807) is 16.7 Å². The maximum absolute atomic E-state index is 12.0. The first-order valence-corrected chi connectivity index (χ1v) is 52.5. The molecule has 14 heterocycles. The van der Waals surface area contributed by atoms with Crippen molar-refractivity contribution in [1.29, 1.82) is 0 Å². The molecule has 16 atom stereocenters. The van der Waals surface area contributed by atoms with Gasteiger partial charge in [0.15, 0.2) is 0 Å². The molecule has 0 spiro atoms. The molecule has 14 aliphatic heterocycles. The van der Waals surface area contributed by atoms with Gasteiger partial charge in [-0.15, -0.1) is 0 Å². The van der Waals surface area contributed by atoms with Crippen molar-refractivity contribution in [2.75, 3.05) is 239 Å². The molecule has 0 aromatic heterocycles. The zero-order chi connectivity index (χ0) is 88.3. The summed E-state index contributed by atoms with van der Waals surface area (Å²) in [5.74, 6) is 9.56.